The number of aromatic nitrogens is 4. The fraction of sp³-hybridized carbons (Fsp3) is 0.353. The molecule has 1 aromatic carbocycles. The van der Waals surface area contributed by atoms with Crippen LogP contribution in [0.2, 0.25) is 5.02 Å². The van der Waals surface area contributed by atoms with Gasteiger partial charge in [-0.15, -0.1) is 21.5 Å². The van der Waals surface area contributed by atoms with E-state index in [0.717, 1.165) is 43.2 Å². The number of aromatic amines is 1. The zero-order valence-electron chi connectivity index (χ0n) is 13.2. The molecule has 1 unspecified atom stereocenters. The highest BCUT2D eigenvalue weighted by atomic mass is 35.5. The van der Waals surface area contributed by atoms with Crippen molar-refractivity contribution in [3.05, 3.63) is 62.6 Å². The number of hydrogen-bond acceptors (Lipinski definition) is 5. The summed E-state index contributed by atoms with van der Waals surface area (Å²) in [6.45, 7) is 2.09. The van der Waals surface area contributed by atoms with Gasteiger partial charge in [-0.2, -0.15) is 5.21 Å². The Morgan fingerprint density at radius 2 is 2.12 bits per heavy atom. The molecule has 3 aromatic rings. The second kappa shape index (κ2) is 7.01. The molecule has 0 aliphatic carbocycles. The SMILES string of the molecule is Clc1ccc(C2c3ccsc3CCN2CCCc2nn[nH]n2)cc1. The average molecular weight is 360 g/mol. The van der Waals surface area contributed by atoms with Crippen molar-refractivity contribution >= 4 is 22.9 Å². The number of nitrogens with zero attached hydrogens (tertiary/aromatic N) is 4. The first-order chi connectivity index (χ1) is 11.8. The molecule has 2 aromatic heterocycles. The molecule has 0 radical (unpaired) electrons. The molecule has 7 heteroatoms. The van der Waals surface area contributed by atoms with Crippen molar-refractivity contribution in [3.8, 4) is 0 Å². The van der Waals surface area contributed by atoms with E-state index in [-0.39, 0.29) is 0 Å². The highest BCUT2D eigenvalue weighted by Gasteiger charge is 2.29. The predicted molar refractivity (Wildman–Crippen MR) is 95.4 cm³/mol. The molecule has 1 aliphatic heterocycles. The molecule has 0 bridgehead atoms. The third kappa shape index (κ3) is 3.22. The molecule has 24 heavy (non-hydrogen) atoms. The number of halogens is 1. The number of nitrogens with one attached hydrogen (secondary N) is 1. The summed E-state index contributed by atoms with van der Waals surface area (Å²) in [7, 11) is 0. The lowest BCUT2D eigenvalue weighted by atomic mass is 9.93. The van der Waals surface area contributed by atoms with Crippen LogP contribution < -0.4 is 0 Å². The molecule has 3 heterocycles. The number of hydrogen-bond donors (Lipinski definition) is 1. The lowest BCUT2D eigenvalue weighted by molar-refractivity contribution is 0.212. The molecule has 1 atom stereocenters. The van der Waals surface area contributed by atoms with Gasteiger partial charge in [-0.1, -0.05) is 28.9 Å². The van der Waals surface area contributed by atoms with Crippen molar-refractivity contribution in [2.75, 3.05) is 13.1 Å². The molecule has 5 nitrogen and oxygen atoms in total. The topological polar surface area (TPSA) is 57.7 Å². The molecular weight excluding hydrogens is 342 g/mol. The van der Waals surface area contributed by atoms with Gasteiger partial charge in [0.25, 0.3) is 0 Å². The van der Waals surface area contributed by atoms with Gasteiger partial charge in [0.05, 0.1) is 6.04 Å². The van der Waals surface area contributed by atoms with E-state index in [1.807, 2.05) is 23.5 Å². The Balaban J connectivity index is 1.54. The highest BCUT2D eigenvalue weighted by Crippen LogP contribution is 2.38. The number of benzene rings is 1. The third-order valence-electron chi connectivity index (χ3n) is 4.49. The number of aryl methyl sites for hydroxylation is 1. The van der Waals surface area contributed by atoms with Crippen LogP contribution in [0.15, 0.2) is 35.7 Å². The predicted octanol–water partition coefficient (Wildman–Crippen LogP) is 3.49. The van der Waals surface area contributed by atoms with E-state index in [4.69, 9.17) is 11.6 Å². The minimum Gasteiger partial charge on any atom is -0.292 e. The Bertz CT molecular complexity index is 784. The maximum Gasteiger partial charge on any atom is 0.174 e. The molecule has 0 saturated carbocycles. The van der Waals surface area contributed by atoms with E-state index in [0.29, 0.717) is 6.04 Å². The third-order valence-corrected chi connectivity index (χ3v) is 5.73. The summed E-state index contributed by atoms with van der Waals surface area (Å²) in [5.41, 5.74) is 2.74. The minimum absolute atomic E-state index is 0.308. The lowest BCUT2D eigenvalue weighted by Crippen LogP contribution is -2.36. The fourth-order valence-electron chi connectivity index (χ4n) is 3.37. The van der Waals surface area contributed by atoms with Gasteiger partial charge >= 0.3 is 0 Å². The Hall–Kier alpha value is -1.76. The van der Waals surface area contributed by atoms with Gasteiger partial charge in [-0.25, -0.2) is 0 Å². The summed E-state index contributed by atoms with van der Waals surface area (Å²) < 4.78 is 0. The number of tetrazole rings is 1. The first kappa shape index (κ1) is 15.7. The second-order valence-electron chi connectivity index (χ2n) is 5.97. The van der Waals surface area contributed by atoms with E-state index in [2.05, 4.69) is 49.1 Å². The van der Waals surface area contributed by atoms with Crippen molar-refractivity contribution in [2.24, 2.45) is 0 Å². The Morgan fingerprint density at radius 3 is 2.92 bits per heavy atom. The van der Waals surface area contributed by atoms with Crippen molar-refractivity contribution in [1.29, 1.82) is 0 Å². The fourth-order valence-corrected chi connectivity index (χ4v) is 4.40. The van der Waals surface area contributed by atoms with E-state index in [9.17, 15) is 0 Å². The molecule has 4 rings (SSSR count). The van der Waals surface area contributed by atoms with Crippen LogP contribution >= 0.6 is 22.9 Å². The summed E-state index contributed by atoms with van der Waals surface area (Å²) in [5, 5.41) is 17.2. The quantitative estimate of drug-likeness (QED) is 0.757. The Kier molecular flexibility index (Phi) is 4.60. The van der Waals surface area contributed by atoms with Crippen LogP contribution in [-0.4, -0.2) is 38.6 Å². The number of rotatable bonds is 5. The summed E-state index contributed by atoms with van der Waals surface area (Å²) in [5.74, 6) is 0.784. The number of fused-ring (bicyclic) bond motifs is 1. The van der Waals surface area contributed by atoms with Gasteiger partial charge in [0.15, 0.2) is 5.82 Å². The normalized spacial score (nSPS) is 17.8. The van der Waals surface area contributed by atoms with Gasteiger partial charge in [0.1, 0.15) is 0 Å². The van der Waals surface area contributed by atoms with Gasteiger partial charge in [0, 0.05) is 22.9 Å². The van der Waals surface area contributed by atoms with Crippen molar-refractivity contribution in [1.82, 2.24) is 25.5 Å². The molecule has 124 valence electrons. The summed E-state index contributed by atoms with van der Waals surface area (Å²) in [4.78, 5) is 4.06. The van der Waals surface area contributed by atoms with Gasteiger partial charge in [-0.3, -0.25) is 4.90 Å². The molecule has 1 N–H and O–H groups in total. The smallest absolute Gasteiger partial charge is 0.174 e. The monoisotopic (exact) mass is 359 g/mol. The van der Waals surface area contributed by atoms with Crippen LogP contribution in [0, 0.1) is 0 Å². The molecule has 0 spiro atoms. The van der Waals surface area contributed by atoms with E-state index in [1.165, 1.54) is 16.0 Å². The Morgan fingerprint density at radius 1 is 1.25 bits per heavy atom. The van der Waals surface area contributed by atoms with Crippen LogP contribution in [0.25, 0.3) is 0 Å². The lowest BCUT2D eigenvalue weighted by Gasteiger charge is -2.36. The van der Waals surface area contributed by atoms with Crippen molar-refractivity contribution < 1.29 is 0 Å². The van der Waals surface area contributed by atoms with Crippen LogP contribution in [0.5, 0.6) is 0 Å². The molecule has 0 saturated heterocycles. The van der Waals surface area contributed by atoms with Crippen LogP contribution in [0.4, 0.5) is 0 Å². The van der Waals surface area contributed by atoms with Crippen LogP contribution in [0.3, 0.4) is 0 Å². The highest BCUT2D eigenvalue weighted by molar-refractivity contribution is 7.10. The van der Waals surface area contributed by atoms with Gasteiger partial charge in [0.2, 0.25) is 0 Å². The zero-order chi connectivity index (χ0) is 16.4. The standard InChI is InChI=1S/C17H18ClN5S/c18-13-5-3-12(4-6-13)17-14-8-11-24-15(14)7-10-23(17)9-1-2-16-19-21-22-20-16/h3-6,8,11,17H,1-2,7,9-10H2,(H,19,20,21,22). The Labute approximate surface area is 149 Å². The maximum atomic E-state index is 6.07. The van der Waals surface area contributed by atoms with Gasteiger partial charge in [-0.05, 0) is 54.1 Å². The maximum absolute atomic E-state index is 6.07. The molecule has 0 amide bonds. The van der Waals surface area contributed by atoms with E-state index in [1.54, 1.807) is 0 Å². The molecule has 1 aliphatic rings. The van der Waals surface area contributed by atoms with Crippen molar-refractivity contribution in [3.63, 3.8) is 0 Å². The summed E-state index contributed by atoms with van der Waals surface area (Å²) in [6.07, 6.45) is 2.99. The van der Waals surface area contributed by atoms with Gasteiger partial charge < -0.3 is 0 Å². The summed E-state index contributed by atoms with van der Waals surface area (Å²) in [6, 6.07) is 10.8. The molecule has 0 fully saturated rings. The number of thiophene rings is 1. The largest absolute Gasteiger partial charge is 0.292 e. The van der Waals surface area contributed by atoms with Crippen molar-refractivity contribution in [2.45, 2.75) is 25.3 Å². The number of H-pyrrole nitrogens is 1. The average Bonchev–Trinajstić information content (AvgIpc) is 3.27. The summed E-state index contributed by atoms with van der Waals surface area (Å²) >= 11 is 7.94. The second-order valence-corrected chi connectivity index (χ2v) is 7.41. The van der Waals surface area contributed by atoms with Crippen LogP contribution in [-0.2, 0) is 12.8 Å². The van der Waals surface area contributed by atoms with Crippen LogP contribution in [0.1, 0.15) is 34.3 Å². The molecular formula is C17H18ClN5S. The first-order valence-corrected chi connectivity index (χ1v) is 9.35. The van der Waals surface area contributed by atoms with E-state index < -0.39 is 0 Å². The van der Waals surface area contributed by atoms with E-state index >= 15 is 0 Å². The minimum atomic E-state index is 0.308. The first-order valence-electron chi connectivity index (χ1n) is 8.09. The zero-order valence-corrected chi connectivity index (χ0v) is 14.7.